The molecular formula is C36H38N6O4. The van der Waals surface area contributed by atoms with Crippen molar-refractivity contribution in [3.8, 4) is 33.5 Å². The van der Waals surface area contributed by atoms with Gasteiger partial charge < -0.3 is 19.8 Å². The molecule has 3 N–H and O–H groups in total. The van der Waals surface area contributed by atoms with Crippen LogP contribution in [-0.2, 0) is 4.74 Å². The highest BCUT2D eigenvalue weighted by atomic mass is 16.6. The van der Waals surface area contributed by atoms with Crippen molar-refractivity contribution in [2.75, 3.05) is 13.1 Å². The quantitative estimate of drug-likeness (QED) is 0.182. The van der Waals surface area contributed by atoms with Gasteiger partial charge in [0, 0.05) is 13.1 Å². The van der Waals surface area contributed by atoms with Crippen molar-refractivity contribution >= 4 is 23.2 Å². The summed E-state index contributed by atoms with van der Waals surface area (Å²) in [5, 5.41) is 9.48. The summed E-state index contributed by atoms with van der Waals surface area (Å²) < 4.78 is 5.64. The zero-order valence-corrected chi connectivity index (χ0v) is 26.3. The van der Waals surface area contributed by atoms with Crippen LogP contribution >= 0.6 is 0 Å². The van der Waals surface area contributed by atoms with E-state index in [0.29, 0.717) is 18.9 Å². The summed E-state index contributed by atoms with van der Waals surface area (Å²) in [6.45, 7) is 6.85. The molecule has 0 radical (unpaired) electrons. The highest BCUT2D eigenvalue weighted by Gasteiger charge is 2.35. The number of carbonyl (C=O) groups excluding carboxylic acids is 1. The molecule has 2 fully saturated rings. The molecule has 0 spiro atoms. The first-order valence-electron chi connectivity index (χ1n) is 15.9. The number of rotatable bonds is 5. The van der Waals surface area contributed by atoms with E-state index in [0.717, 1.165) is 76.1 Å². The number of ether oxygens (including phenoxy) is 1. The van der Waals surface area contributed by atoms with Crippen LogP contribution in [0.25, 0.3) is 44.5 Å². The lowest BCUT2D eigenvalue weighted by Gasteiger charge is -2.27. The van der Waals surface area contributed by atoms with E-state index in [-0.39, 0.29) is 18.2 Å². The normalized spacial score (nSPS) is 18.4. The number of benzene rings is 3. The minimum absolute atomic E-state index is 0.124. The fourth-order valence-electron chi connectivity index (χ4n) is 6.59. The van der Waals surface area contributed by atoms with Crippen LogP contribution in [0.3, 0.4) is 0 Å². The van der Waals surface area contributed by atoms with Crippen LogP contribution in [0, 0.1) is 0 Å². The number of carbonyl (C=O) groups is 2. The molecule has 10 nitrogen and oxygen atoms in total. The van der Waals surface area contributed by atoms with Gasteiger partial charge in [0.15, 0.2) is 0 Å². The Morgan fingerprint density at radius 2 is 1.35 bits per heavy atom. The Bertz CT molecular complexity index is 1890. The average molecular weight is 619 g/mol. The van der Waals surface area contributed by atoms with Crippen molar-refractivity contribution in [3.05, 3.63) is 84.6 Å². The predicted molar refractivity (Wildman–Crippen MR) is 176 cm³/mol. The van der Waals surface area contributed by atoms with Crippen LogP contribution in [0.2, 0.25) is 0 Å². The molecule has 0 bridgehead atoms. The highest BCUT2D eigenvalue weighted by molar-refractivity contribution is 5.83. The summed E-state index contributed by atoms with van der Waals surface area (Å²) in [6.07, 6.45) is 3.97. The highest BCUT2D eigenvalue weighted by Crippen LogP contribution is 2.35. The summed E-state index contributed by atoms with van der Waals surface area (Å²) in [5.74, 6) is 1.49. The Morgan fingerprint density at radius 1 is 0.783 bits per heavy atom. The molecule has 7 rings (SSSR count). The number of hydrogen-bond acceptors (Lipinski definition) is 5. The van der Waals surface area contributed by atoms with Crippen molar-refractivity contribution in [1.82, 2.24) is 29.7 Å². The van der Waals surface area contributed by atoms with E-state index in [1.165, 1.54) is 4.90 Å². The maximum atomic E-state index is 12.8. The Hall–Kier alpha value is -5.12. The Labute approximate surface area is 267 Å². The van der Waals surface area contributed by atoms with Crippen molar-refractivity contribution in [1.29, 1.82) is 0 Å². The van der Waals surface area contributed by atoms with Crippen LogP contribution in [0.15, 0.2) is 72.9 Å². The number of nitrogens with one attached hydrogen (secondary N) is 2. The third-order valence-corrected chi connectivity index (χ3v) is 8.85. The number of carboxylic acid groups (broad SMARTS) is 1. The second kappa shape index (κ2) is 11.7. The molecule has 2 aliphatic rings. The molecule has 3 aromatic carbocycles. The lowest BCUT2D eigenvalue weighted by Crippen LogP contribution is -2.36. The molecule has 2 atom stereocenters. The number of likely N-dealkylation sites (tertiary alicyclic amines) is 2. The lowest BCUT2D eigenvalue weighted by atomic mass is 9.99. The monoisotopic (exact) mass is 618 g/mol. The van der Waals surface area contributed by atoms with E-state index in [1.54, 1.807) is 11.1 Å². The van der Waals surface area contributed by atoms with Crippen molar-refractivity contribution in [3.63, 3.8) is 0 Å². The summed E-state index contributed by atoms with van der Waals surface area (Å²) >= 11 is 0. The van der Waals surface area contributed by atoms with Gasteiger partial charge in [-0.15, -0.1) is 0 Å². The van der Waals surface area contributed by atoms with Crippen LogP contribution in [0.1, 0.15) is 70.2 Å². The first kappa shape index (κ1) is 29.6. The van der Waals surface area contributed by atoms with Gasteiger partial charge in [0.25, 0.3) is 0 Å². The fourth-order valence-corrected chi connectivity index (χ4v) is 6.59. The summed E-state index contributed by atoms with van der Waals surface area (Å²) in [6, 6.07) is 22.7. The second-order valence-corrected chi connectivity index (χ2v) is 13.2. The van der Waals surface area contributed by atoms with Crippen molar-refractivity contribution < 1.29 is 19.4 Å². The standard InChI is InChI=1S/C36H38N6O4/c1-36(2,3)46-35(45)42-19-5-7-31(42)33-38-27-17-16-26(20-28(27)39-33)24-10-8-22(9-11-24)23-12-14-25(15-13-23)29-21-37-32(40-29)30-6-4-18-41(30)34(43)44/h8-17,20-21,30-31H,4-7,18-19H2,1-3H3,(H,37,40)(H,38,39)(H,43,44). The van der Waals surface area contributed by atoms with E-state index in [2.05, 4.69) is 75.6 Å². The molecule has 2 aromatic heterocycles. The van der Waals surface area contributed by atoms with Crippen LogP contribution in [0.4, 0.5) is 9.59 Å². The number of aromatic nitrogens is 4. The molecule has 2 amide bonds. The summed E-state index contributed by atoms with van der Waals surface area (Å²) in [5.41, 5.74) is 7.53. The third-order valence-electron chi connectivity index (χ3n) is 8.85. The molecule has 2 saturated heterocycles. The van der Waals surface area contributed by atoms with Gasteiger partial charge in [0.2, 0.25) is 0 Å². The Kier molecular flexibility index (Phi) is 7.50. The van der Waals surface area contributed by atoms with E-state index in [4.69, 9.17) is 9.72 Å². The topological polar surface area (TPSA) is 127 Å². The largest absolute Gasteiger partial charge is 0.465 e. The second-order valence-electron chi connectivity index (χ2n) is 13.2. The summed E-state index contributed by atoms with van der Waals surface area (Å²) in [7, 11) is 0. The van der Waals surface area contributed by atoms with E-state index in [9.17, 15) is 14.7 Å². The first-order valence-corrected chi connectivity index (χ1v) is 15.9. The number of aromatic amines is 2. The van der Waals surface area contributed by atoms with E-state index in [1.807, 2.05) is 26.8 Å². The number of imidazole rings is 2. The molecule has 236 valence electrons. The van der Waals surface area contributed by atoms with Gasteiger partial charge in [-0.2, -0.15) is 0 Å². The molecule has 46 heavy (non-hydrogen) atoms. The number of H-pyrrole nitrogens is 2. The molecular weight excluding hydrogens is 580 g/mol. The lowest BCUT2D eigenvalue weighted by molar-refractivity contribution is 0.0219. The molecule has 2 unspecified atom stereocenters. The van der Waals surface area contributed by atoms with Gasteiger partial charge in [0.1, 0.15) is 17.2 Å². The minimum atomic E-state index is -0.903. The van der Waals surface area contributed by atoms with Crippen molar-refractivity contribution in [2.24, 2.45) is 0 Å². The zero-order valence-electron chi connectivity index (χ0n) is 26.3. The molecule has 0 saturated carbocycles. The van der Waals surface area contributed by atoms with E-state index >= 15 is 0 Å². The van der Waals surface area contributed by atoms with Crippen LogP contribution in [-0.4, -0.2) is 65.7 Å². The predicted octanol–water partition coefficient (Wildman–Crippen LogP) is 8.17. The number of hydrogen-bond donors (Lipinski definition) is 3. The Balaban J connectivity index is 1.05. The first-order chi connectivity index (χ1) is 22.1. The Morgan fingerprint density at radius 3 is 1.98 bits per heavy atom. The molecule has 0 aliphatic carbocycles. The number of nitrogens with zero attached hydrogens (tertiary/aromatic N) is 4. The molecule has 10 heteroatoms. The van der Waals surface area contributed by atoms with Gasteiger partial charge in [-0.25, -0.2) is 19.6 Å². The fraction of sp³-hybridized carbons (Fsp3) is 0.333. The average Bonchev–Trinajstić information content (AvgIpc) is 3.85. The van der Waals surface area contributed by atoms with E-state index < -0.39 is 11.7 Å². The van der Waals surface area contributed by atoms with Crippen LogP contribution in [0.5, 0.6) is 0 Å². The molecule has 2 aliphatic heterocycles. The minimum Gasteiger partial charge on any atom is -0.465 e. The van der Waals surface area contributed by atoms with Gasteiger partial charge in [-0.1, -0.05) is 54.6 Å². The smallest absolute Gasteiger partial charge is 0.410 e. The van der Waals surface area contributed by atoms with Crippen LogP contribution < -0.4 is 0 Å². The number of fused-ring (bicyclic) bond motifs is 1. The van der Waals surface area contributed by atoms with Crippen molar-refractivity contribution in [2.45, 2.75) is 64.1 Å². The van der Waals surface area contributed by atoms with Gasteiger partial charge >= 0.3 is 12.2 Å². The maximum Gasteiger partial charge on any atom is 0.410 e. The SMILES string of the molecule is CC(C)(C)OC(=O)N1CCCC1c1nc2ccc(-c3ccc(-c4ccc(-c5cnc(C6CCCN6C(=O)O)[nH]5)cc4)cc3)cc2[nH]1. The summed E-state index contributed by atoms with van der Waals surface area (Å²) in [4.78, 5) is 43.8. The van der Waals surface area contributed by atoms with Gasteiger partial charge in [-0.3, -0.25) is 9.80 Å². The van der Waals surface area contributed by atoms with Gasteiger partial charge in [0.05, 0.1) is 35.0 Å². The van der Waals surface area contributed by atoms with Gasteiger partial charge in [-0.05, 0) is 86.4 Å². The third kappa shape index (κ3) is 5.82. The zero-order chi connectivity index (χ0) is 32.0. The molecule has 4 heterocycles. The molecule has 5 aromatic rings. The number of amides is 2. The maximum absolute atomic E-state index is 12.8.